The minimum atomic E-state index is -0.0966. The quantitative estimate of drug-likeness (QED) is 0.516. The molecular weight excluding hydrogens is 380 g/mol. The van der Waals surface area contributed by atoms with E-state index in [-0.39, 0.29) is 6.03 Å². The van der Waals surface area contributed by atoms with E-state index in [1.165, 1.54) is 11.1 Å². The Kier molecular flexibility index (Phi) is 5.22. The van der Waals surface area contributed by atoms with Crippen molar-refractivity contribution in [3.05, 3.63) is 95.1 Å². The lowest BCUT2D eigenvalue weighted by atomic mass is 9.82. The molecule has 4 rings (SSSR count). The molecule has 0 atom stereocenters. The first-order valence-corrected chi connectivity index (χ1v) is 10.8. The number of carbonyl (C=O) groups is 1. The number of allylic oxidation sites excluding steroid dienone is 4. The van der Waals surface area contributed by atoms with Gasteiger partial charge in [0, 0.05) is 12.6 Å². The predicted molar refractivity (Wildman–Crippen MR) is 132 cm³/mol. The van der Waals surface area contributed by atoms with Crippen LogP contribution >= 0.6 is 0 Å². The van der Waals surface area contributed by atoms with Crippen molar-refractivity contribution in [2.45, 2.75) is 40.0 Å². The molecule has 2 aromatic carbocycles. The van der Waals surface area contributed by atoms with Gasteiger partial charge in [0.2, 0.25) is 0 Å². The van der Waals surface area contributed by atoms with E-state index >= 15 is 0 Å². The smallest absolute Gasteiger partial charge is 0.296 e. The van der Waals surface area contributed by atoms with E-state index in [0.29, 0.717) is 5.70 Å². The second-order valence-electron chi connectivity index (χ2n) is 8.69. The van der Waals surface area contributed by atoms with E-state index in [1.807, 2.05) is 45.2 Å². The third kappa shape index (κ3) is 3.34. The molecule has 2 aliphatic rings. The lowest BCUT2D eigenvalue weighted by Gasteiger charge is -2.38. The summed E-state index contributed by atoms with van der Waals surface area (Å²) in [6, 6.07) is 12.1. The Bertz CT molecular complexity index is 1160. The van der Waals surface area contributed by atoms with Crippen molar-refractivity contribution in [1.29, 1.82) is 0 Å². The standard InChI is InChI=1S/C28H30N2O/c1-17-10-8-11-18(2)26(17)21(5)23-14-15-25-24(16-23)22(6)30(28(31)29(25)7)27-19(3)12-9-13-20(27)4/h9,12-16H,1,5-6,8,10-11H2,2-4,7H3. The third-order valence-electron chi connectivity index (χ3n) is 6.54. The summed E-state index contributed by atoms with van der Waals surface area (Å²) in [4.78, 5) is 16.8. The van der Waals surface area contributed by atoms with E-state index in [1.54, 1.807) is 9.80 Å². The van der Waals surface area contributed by atoms with Crippen molar-refractivity contribution in [2.24, 2.45) is 0 Å². The second-order valence-corrected chi connectivity index (χ2v) is 8.69. The van der Waals surface area contributed by atoms with Crippen LogP contribution in [-0.2, 0) is 0 Å². The highest BCUT2D eigenvalue weighted by atomic mass is 16.2. The first-order valence-electron chi connectivity index (χ1n) is 10.8. The van der Waals surface area contributed by atoms with Crippen LogP contribution in [0.3, 0.4) is 0 Å². The number of carbonyl (C=O) groups excluding carboxylic acids is 1. The third-order valence-corrected chi connectivity index (χ3v) is 6.54. The number of fused-ring (bicyclic) bond motifs is 1. The van der Waals surface area contributed by atoms with Gasteiger partial charge in [-0.2, -0.15) is 0 Å². The number of amides is 2. The van der Waals surface area contributed by atoms with Gasteiger partial charge in [-0.1, -0.05) is 49.6 Å². The van der Waals surface area contributed by atoms with Gasteiger partial charge in [-0.25, -0.2) is 4.79 Å². The van der Waals surface area contributed by atoms with Crippen LogP contribution in [0.1, 0.15) is 48.4 Å². The number of rotatable bonds is 3. The van der Waals surface area contributed by atoms with Crippen molar-refractivity contribution in [1.82, 2.24) is 0 Å². The molecule has 158 valence electrons. The zero-order valence-corrected chi connectivity index (χ0v) is 19.0. The summed E-state index contributed by atoms with van der Waals surface area (Å²) in [7, 11) is 1.82. The lowest BCUT2D eigenvalue weighted by molar-refractivity contribution is 0.254. The SMILES string of the molecule is C=C1CCCC(C)=C1C(=C)c1ccc2c(c1)C(=C)N(c1c(C)cccc1C)C(=O)N2C. The first-order chi connectivity index (χ1) is 14.7. The van der Waals surface area contributed by atoms with Gasteiger partial charge in [-0.15, -0.1) is 0 Å². The molecule has 1 aliphatic heterocycles. The monoisotopic (exact) mass is 410 g/mol. The fraction of sp³-hybridized carbons (Fsp3) is 0.250. The Hall–Kier alpha value is -3.33. The number of anilines is 2. The number of hydrogen-bond donors (Lipinski definition) is 0. The molecule has 31 heavy (non-hydrogen) atoms. The Morgan fingerprint density at radius 2 is 1.68 bits per heavy atom. The van der Waals surface area contributed by atoms with E-state index in [4.69, 9.17) is 0 Å². The van der Waals surface area contributed by atoms with Crippen molar-refractivity contribution in [2.75, 3.05) is 16.8 Å². The summed E-state index contributed by atoms with van der Waals surface area (Å²) in [5.41, 5.74) is 11.2. The molecule has 2 amide bonds. The zero-order valence-electron chi connectivity index (χ0n) is 19.0. The fourth-order valence-corrected chi connectivity index (χ4v) is 4.86. The molecular formula is C28H30N2O. The minimum Gasteiger partial charge on any atom is -0.296 e. The molecule has 0 saturated heterocycles. The molecule has 3 nitrogen and oxygen atoms in total. The highest BCUT2D eigenvalue weighted by molar-refractivity contribution is 6.18. The zero-order chi connectivity index (χ0) is 22.4. The lowest BCUT2D eigenvalue weighted by Crippen LogP contribution is -2.44. The fourth-order valence-electron chi connectivity index (χ4n) is 4.86. The van der Waals surface area contributed by atoms with E-state index in [9.17, 15) is 4.79 Å². The van der Waals surface area contributed by atoms with Gasteiger partial charge in [0.1, 0.15) is 0 Å². The molecule has 0 aromatic heterocycles. The summed E-state index contributed by atoms with van der Waals surface area (Å²) in [5, 5.41) is 0. The maximum absolute atomic E-state index is 13.3. The van der Waals surface area contributed by atoms with E-state index in [2.05, 4.69) is 38.8 Å². The Labute approximate surface area is 185 Å². The molecule has 0 unspecified atom stereocenters. The van der Waals surface area contributed by atoms with E-state index < -0.39 is 0 Å². The van der Waals surface area contributed by atoms with Crippen LogP contribution in [-0.4, -0.2) is 13.1 Å². The topological polar surface area (TPSA) is 23.6 Å². The average Bonchev–Trinajstić information content (AvgIpc) is 2.73. The van der Waals surface area contributed by atoms with Gasteiger partial charge in [-0.3, -0.25) is 9.80 Å². The number of nitrogens with zero attached hydrogens (tertiary/aromatic N) is 2. The maximum Gasteiger partial charge on any atom is 0.333 e. The van der Waals surface area contributed by atoms with Crippen molar-refractivity contribution < 1.29 is 4.79 Å². The van der Waals surface area contributed by atoms with Crippen LogP contribution < -0.4 is 9.80 Å². The molecule has 0 N–H and O–H groups in total. The highest BCUT2D eigenvalue weighted by Gasteiger charge is 2.34. The summed E-state index contributed by atoms with van der Waals surface area (Å²) >= 11 is 0. The molecule has 3 heteroatoms. The number of urea groups is 1. The highest BCUT2D eigenvalue weighted by Crippen LogP contribution is 2.43. The number of hydrogen-bond acceptors (Lipinski definition) is 1. The Morgan fingerprint density at radius 1 is 1.00 bits per heavy atom. The summed E-state index contributed by atoms with van der Waals surface area (Å²) in [5.74, 6) is 0. The van der Waals surface area contributed by atoms with Crippen LogP contribution in [0.15, 0.2) is 72.9 Å². The largest absolute Gasteiger partial charge is 0.333 e. The van der Waals surface area contributed by atoms with Gasteiger partial charge in [0.25, 0.3) is 0 Å². The first kappa shape index (κ1) is 20.9. The normalized spacial score (nSPS) is 16.7. The van der Waals surface area contributed by atoms with Crippen LogP contribution in [0.4, 0.5) is 16.2 Å². The van der Waals surface area contributed by atoms with Crippen molar-refractivity contribution in [3.63, 3.8) is 0 Å². The molecule has 2 aromatic rings. The molecule has 1 aliphatic carbocycles. The van der Waals surface area contributed by atoms with Gasteiger partial charge in [-0.05, 0) is 85.6 Å². The molecule has 0 spiro atoms. The minimum absolute atomic E-state index is 0.0966. The van der Waals surface area contributed by atoms with Gasteiger partial charge in [0.05, 0.1) is 17.1 Å². The summed E-state index contributed by atoms with van der Waals surface area (Å²) in [6.07, 6.45) is 3.25. The average molecular weight is 411 g/mol. The molecule has 0 saturated carbocycles. The van der Waals surface area contributed by atoms with Crippen LogP contribution in [0.5, 0.6) is 0 Å². The number of aryl methyl sites for hydroxylation is 2. The van der Waals surface area contributed by atoms with Crippen molar-refractivity contribution >= 4 is 28.7 Å². The Balaban J connectivity index is 1.82. The van der Waals surface area contributed by atoms with Crippen LogP contribution in [0.2, 0.25) is 0 Å². The maximum atomic E-state index is 13.3. The molecule has 0 fully saturated rings. The van der Waals surface area contributed by atoms with Crippen molar-refractivity contribution in [3.8, 4) is 0 Å². The predicted octanol–water partition coefficient (Wildman–Crippen LogP) is 7.42. The summed E-state index contributed by atoms with van der Waals surface area (Å²) in [6.45, 7) is 19.3. The van der Waals surface area contributed by atoms with Crippen LogP contribution in [0.25, 0.3) is 11.3 Å². The number of para-hydroxylation sites is 1. The summed E-state index contributed by atoms with van der Waals surface area (Å²) < 4.78 is 0. The molecule has 0 radical (unpaired) electrons. The Morgan fingerprint density at radius 3 is 2.32 bits per heavy atom. The van der Waals surface area contributed by atoms with E-state index in [0.717, 1.165) is 64.0 Å². The van der Waals surface area contributed by atoms with Gasteiger partial charge in [0.15, 0.2) is 0 Å². The molecule has 1 heterocycles. The molecule has 0 bridgehead atoms. The number of benzene rings is 2. The van der Waals surface area contributed by atoms with Gasteiger partial charge < -0.3 is 0 Å². The second kappa shape index (κ2) is 7.73. The van der Waals surface area contributed by atoms with Gasteiger partial charge >= 0.3 is 6.03 Å². The van der Waals surface area contributed by atoms with Crippen LogP contribution in [0, 0.1) is 13.8 Å².